The van der Waals surface area contributed by atoms with Gasteiger partial charge in [0.1, 0.15) is 10.8 Å². The lowest BCUT2D eigenvalue weighted by Gasteiger charge is -2.16. The summed E-state index contributed by atoms with van der Waals surface area (Å²) in [5.74, 6) is 0.298. The van der Waals surface area contributed by atoms with Gasteiger partial charge in [0, 0.05) is 22.5 Å². The summed E-state index contributed by atoms with van der Waals surface area (Å²) in [6, 6.07) is 4.97. The van der Waals surface area contributed by atoms with E-state index in [1.807, 2.05) is 25.3 Å². The molecule has 0 saturated heterocycles. The van der Waals surface area contributed by atoms with Gasteiger partial charge in [-0.05, 0) is 45.4 Å². The second-order valence-corrected chi connectivity index (χ2v) is 10.6. The molecule has 2 heterocycles. The van der Waals surface area contributed by atoms with Gasteiger partial charge in [0.25, 0.3) is 0 Å². The number of rotatable bonds is 11. The number of amides is 1. The fraction of sp³-hybridized carbons (Fsp3) is 0.333. The Morgan fingerprint density at radius 3 is 2.75 bits per heavy atom. The number of hydrogen-bond acceptors (Lipinski definition) is 8. The van der Waals surface area contributed by atoms with Crippen molar-refractivity contribution in [3.8, 4) is 5.75 Å². The number of hydrogen-bond donors (Lipinski definition) is 1. The van der Waals surface area contributed by atoms with Crippen LogP contribution in [-0.4, -0.2) is 39.0 Å². The second-order valence-electron chi connectivity index (χ2n) is 7.62. The summed E-state index contributed by atoms with van der Waals surface area (Å²) >= 11 is 14.8. The van der Waals surface area contributed by atoms with Crippen LogP contribution in [0.1, 0.15) is 46.6 Å². The number of ether oxygens (including phenoxy) is 2. The Morgan fingerprint density at radius 1 is 1.31 bits per heavy atom. The summed E-state index contributed by atoms with van der Waals surface area (Å²) in [6.45, 7) is 11.8. The average molecular weight is 570 g/mol. The fourth-order valence-corrected chi connectivity index (χ4v) is 5.42. The molecule has 0 spiro atoms. The molecular weight excluding hydrogens is 543 g/mol. The monoisotopic (exact) mass is 568 g/mol. The maximum atomic E-state index is 12.8. The molecule has 3 rings (SSSR count). The molecule has 0 radical (unpaired) electrons. The lowest BCUT2D eigenvalue weighted by Crippen LogP contribution is -2.17. The molecule has 1 atom stereocenters. The van der Waals surface area contributed by atoms with Crippen LogP contribution >= 0.6 is 46.3 Å². The van der Waals surface area contributed by atoms with Gasteiger partial charge in [-0.1, -0.05) is 41.0 Å². The minimum Gasteiger partial charge on any atom is -0.481 e. The lowest BCUT2D eigenvalue weighted by atomic mass is 10.1. The second kappa shape index (κ2) is 12.6. The molecule has 1 amide bonds. The first-order chi connectivity index (χ1) is 17.2. The summed E-state index contributed by atoms with van der Waals surface area (Å²) in [5, 5.41) is 13.3. The molecule has 0 aliphatic heterocycles. The number of carbonyl (C=O) groups is 2. The highest BCUT2D eigenvalue weighted by Gasteiger charge is 2.24. The third-order valence-electron chi connectivity index (χ3n) is 5.07. The number of aryl methyl sites for hydroxylation is 1. The van der Waals surface area contributed by atoms with E-state index in [2.05, 4.69) is 22.1 Å². The van der Waals surface area contributed by atoms with Crippen molar-refractivity contribution < 1.29 is 19.1 Å². The predicted octanol–water partition coefficient (Wildman–Crippen LogP) is 6.50. The van der Waals surface area contributed by atoms with E-state index >= 15 is 0 Å². The van der Waals surface area contributed by atoms with Gasteiger partial charge < -0.3 is 14.8 Å². The molecule has 0 saturated carbocycles. The van der Waals surface area contributed by atoms with Gasteiger partial charge in [0.15, 0.2) is 17.1 Å². The molecule has 1 unspecified atom stereocenters. The highest BCUT2D eigenvalue weighted by molar-refractivity contribution is 7.99. The molecule has 2 aromatic heterocycles. The van der Waals surface area contributed by atoms with Gasteiger partial charge in [-0.3, -0.25) is 9.36 Å². The van der Waals surface area contributed by atoms with Crippen molar-refractivity contribution in [1.29, 1.82) is 0 Å². The summed E-state index contributed by atoms with van der Waals surface area (Å²) in [4.78, 5) is 26.1. The number of anilines is 1. The van der Waals surface area contributed by atoms with Crippen LogP contribution in [0, 0.1) is 13.8 Å². The molecule has 192 valence electrons. The van der Waals surface area contributed by atoms with Crippen LogP contribution in [0.3, 0.4) is 0 Å². The van der Waals surface area contributed by atoms with Crippen LogP contribution in [-0.2, 0) is 16.1 Å². The zero-order valence-electron chi connectivity index (χ0n) is 20.3. The van der Waals surface area contributed by atoms with E-state index in [1.165, 1.54) is 23.1 Å². The Kier molecular flexibility index (Phi) is 9.84. The van der Waals surface area contributed by atoms with Gasteiger partial charge in [-0.2, -0.15) is 0 Å². The number of aromatic nitrogens is 3. The molecule has 36 heavy (non-hydrogen) atoms. The minimum atomic E-state index is -0.499. The van der Waals surface area contributed by atoms with E-state index in [-0.39, 0.29) is 18.3 Å². The van der Waals surface area contributed by atoms with E-state index in [1.54, 1.807) is 31.2 Å². The van der Waals surface area contributed by atoms with E-state index in [9.17, 15) is 9.59 Å². The van der Waals surface area contributed by atoms with Crippen molar-refractivity contribution >= 4 is 63.2 Å². The Balaban J connectivity index is 1.72. The first-order valence-electron chi connectivity index (χ1n) is 11.0. The van der Waals surface area contributed by atoms with Crippen molar-refractivity contribution in [3.05, 3.63) is 62.7 Å². The van der Waals surface area contributed by atoms with Gasteiger partial charge in [-0.15, -0.1) is 28.1 Å². The van der Waals surface area contributed by atoms with E-state index in [0.29, 0.717) is 43.9 Å². The first kappa shape index (κ1) is 28.0. The minimum absolute atomic E-state index is 0.0584. The number of thiophene rings is 1. The Morgan fingerprint density at radius 2 is 2.06 bits per heavy atom. The highest BCUT2D eigenvalue weighted by Crippen LogP contribution is 2.34. The summed E-state index contributed by atoms with van der Waals surface area (Å²) in [5.41, 5.74) is 1.19. The van der Waals surface area contributed by atoms with Crippen LogP contribution in [0.5, 0.6) is 5.75 Å². The number of nitrogens with one attached hydrogen (secondary N) is 1. The van der Waals surface area contributed by atoms with Gasteiger partial charge in [-0.25, -0.2) is 4.79 Å². The first-order valence-corrected chi connectivity index (χ1v) is 13.6. The van der Waals surface area contributed by atoms with E-state index < -0.39 is 12.1 Å². The highest BCUT2D eigenvalue weighted by atomic mass is 35.5. The fourth-order valence-electron chi connectivity index (χ4n) is 3.28. The van der Waals surface area contributed by atoms with Crippen molar-refractivity contribution in [2.24, 2.45) is 0 Å². The Labute approximate surface area is 228 Å². The van der Waals surface area contributed by atoms with Gasteiger partial charge in [0.05, 0.1) is 22.9 Å². The summed E-state index contributed by atoms with van der Waals surface area (Å²) in [6.07, 6.45) is 1.21. The van der Waals surface area contributed by atoms with Crippen LogP contribution in [0.4, 0.5) is 5.00 Å². The average Bonchev–Trinajstić information content (AvgIpc) is 3.35. The zero-order valence-corrected chi connectivity index (χ0v) is 23.4. The summed E-state index contributed by atoms with van der Waals surface area (Å²) in [7, 11) is 0. The number of nitrogens with zero attached hydrogens (tertiary/aromatic N) is 3. The van der Waals surface area contributed by atoms with Crippen molar-refractivity contribution in [2.45, 2.75) is 45.5 Å². The zero-order chi connectivity index (χ0) is 26.4. The largest absolute Gasteiger partial charge is 0.481 e. The Hall–Kier alpha value is -2.53. The van der Waals surface area contributed by atoms with Gasteiger partial charge >= 0.3 is 5.97 Å². The number of halogens is 2. The van der Waals surface area contributed by atoms with Crippen LogP contribution in [0.2, 0.25) is 10.0 Å². The standard InChI is InChI=1S/C24H26Cl2N4O4S2/c1-6-10-30-21(14(4)34-18-11-16(25)8-9-17(18)26)28-29-24(30)35-12-19(31)27-22-20(23(32)33-7-2)13(3)15(5)36-22/h6,8-9,11,14H,1,7,10,12H2,2-5H3,(H,27,31). The number of allylic oxidation sites excluding steroid dienone is 1. The van der Waals surface area contributed by atoms with Gasteiger partial charge in [0.2, 0.25) is 5.91 Å². The topological polar surface area (TPSA) is 95.3 Å². The van der Waals surface area contributed by atoms with E-state index in [4.69, 9.17) is 32.7 Å². The number of carbonyl (C=O) groups excluding carboxylic acids is 2. The maximum Gasteiger partial charge on any atom is 0.341 e. The van der Waals surface area contributed by atoms with Crippen molar-refractivity contribution in [1.82, 2.24) is 14.8 Å². The molecular formula is C24H26Cl2N4O4S2. The number of benzene rings is 1. The third-order valence-corrected chi connectivity index (χ3v) is 7.70. The molecule has 1 N–H and O–H groups in total. The smallest absolute Gasteiger partial charge is 0.341 e. The molecule has 0 fully saturated rings. The molecule has 3 aromatic rings. The van der Waals surface area contributed by atoms with Crippen molar-refractivity contribution in [3.63, 3.8) is 0 Å². The number of thioether (sulfide) groups is 1. The quantitative estimate of drug-likeness (QED) is 0.160. The molecule has 1 aromatic carbocycles. The summed E-state index contributed by atoms with van der Waals surface area (Å²) < 4.78 is 12.9. The third kappa shape index (κ3) is 6.61. The molecule has 12 heteroatoms. The SMILES string of the molecule is C=CCn1c(SCC(=O)Nc2sc(C)c(C)c2C(=O)OCC)nnc1C(C)Oc1cc(Cl)ccc1Cl. The van der Waals surface area contributed by atoms with Crippen LogP contribution < -0.4 is 10.1 Å². The van der Waals surface area contributed by atoms with Crippen molar-refractivity contribution in [2.75, 3.05) is 17.7 Å². The van der Waals surface area contributed by atoms with E-state index in [0.717, 1.165) is 10.4 Å². The van der Waals surface area contributed by atoms with Crippen LogP contribution in [0.15, 0.2) is 36.0 Å². The molecule has 0 aliphatic rings. The van der Waals surface area contributed by atoms with Crippen LogP contribution in [0.25, 0.3) is 0 Å². The molecule has 0 bridgehead atoms. The lowest BCUT2D eigenvalue weighted by molar-refractivity contribution is -0.113. The molecule has 8 nitrogen and oxygen atoms in total. The Bertz CT molecular complexity index is 1280. The maximum absolute atomic E-state index is 12.8. The molecule has 0 aliphatic carbocycles. The number of esters is 1. The normalized spacial score (nSPS) is 11.7. The predicted molar refractivity (Wildman–Crippen MR) is 145 cm³/mol.